The number of ketones is 1. The summed E-state index contributed by atoms with van der Waals surface area (Å²) in [7, 11) is 0. The molecule has 2 atom stereocenters. The van der Waals surface area contributed by atoms with Gasteiger partial charge in [-0.3, -0.25) is 4.79 Å². The third-order valence-corrected chi connectivity index (χ3v) is 5.30. The minimum absolute atomic E-state index is 0.255. The van der Waals surface area contributed by atoms with Gasteiger partial charge < -0.3 is 4.90 Å². The second kappa shape index (κ2) is 7.62. The predicted molar refractivity (Wildman–Crippen MR) is 90.7 cm³/mol. The molecule has 1 aliphatic rings. The fraction of sp³-hybridized carbons (Fsp3) is 0.562. The molecule has 0 spiro atoms. The maximum absolute atomic E-state index is 12.1. The maximum atomic E-state index is 12.1. The van der Waals surface area contributed by atoms with Crippen molar-refractivity contribution in [3.8, 4) is 0 Å². The van der Waals surface area contributed by atoms with Gasteiger partial charge in [-0.05, 0) is 25.1 Å². The molecule has 0 aliphatic carbocycles. The molecule has 1 fully saturated rings. The summed E-state index contributed by atoms with van der Waals surface area (Å²) >= 11 is 5.46. The van der Waals surface area contributed by atoms with E-state index in [0.717, 1.165) is 36.1 Å². The standard InChI is InChI=1S/C16H22BrNOS/c1-12-10-18(11-13(2)20-12)9-3-4-16(19)14-5-7-15(17)8-6-14/h5-8,12-13H,3-4,9-11H2,1-2H3. The Kier molecular flexibility index (Phi) is 6.12. The van der Waals surface area contributed by atoms with Crippen LogP contribution in [0.3, 0.4) is 0 Å². The number of carbonyl (C=O) groups excluding carboxylic acids is 1. The Hall–Kier alpha value is -0.320. The molecule has 0 bridgehead atoms. The highest BCUT2D eigenvalue weighted by Crippen LogP contribution is 2.24. The lowest BCUT2D eigenvalue weighted by molar-refractivity contribution is 0.0974. The molecule has 1 heterocycles. The zero-order valence-corrected chi connectivity index (χ0v) is 14.5. The van der Waals surface area contributed by atoms with Gasteiger partial charge in [-0.1, -0.05) is 41.9 Å². The summed E-state index contributed by atoms with van der Waals surface area (Å²) in [6, 6.07) is 7.65. The number of carbonyl (C=O) groups is 1. The van der Waals surface area contributed by atoms with Crippen molar-refractivity contribution in [3.05, 3.63) is 34.3 Å². The first-order valence-electron chi connectivity index (χ1n) is 7.21. The van der Waals surface area contributed by atoms with Crippen LogP contribution in [0, 0.1) is 0 Å². The van der Waals surface area contributed by atoms with Crippen LogP contribution in [-0.4, -0.2) is 40.8 Å². The Morgan fingerprint density at radius 3 is 2.45 bits per heavy atom. The van der Waals surface area contributed by atoms with Gasteiger partial charge in [-0.15, -0.1) is 0 Å². The summed E-state index contributed by atoms with van der Waals surface area (Å²) in [6.45, 7) is 7.93. The van der Waals surface area contributed by atoms with Crippen molar-refractivity contribution in [1.29, 1.82) is 0 Å². The van der Waals surface area contributed by atoms with Crippen molar-refractivity contribution in [3.63, 3.8) is 0 Å². The van der Waals surface area contributed by atoms with E-state index in [4.69, 9.17) is 0 Å². The first-order chi connectivity index (χ1) is 9.54. The lowest BCUT2D eigenvalue weighted by atomic mass is 10.1. The third-order valence-electron chi connectivity index (χ3n) is 3.54. The molecule has 0 N–H and O–H groups in total. The number of Topliss-reactive ketones (excluding diaryl/α,β-unsaturated/α-hetero) is 1. The van der Waals surface area contributed by atoms with E-state index < -0.39 is 0 Å². The van der Waals surface area contributed by atoms with E-state index >= 15 is 0 Å². The number of thioether (sulfide) groups is 1. The van der Waals surface area contributed by atoms with Crippen LogP contribution < -0.4 is 0 Å². The van der Waals surface area contributed by atoms with Gasteiger partial charge in [-0.2, -0.15) is 11.8 Å². The summed E-state index contributed by atoms with van der Waals surface area (Å²) in [4.78, 5) is 14.6. The molecule has 20 heavy (non-hydrogen) atoms. The molecule has 1 aromatic rings. The van der Waals surface area contributed by atoms with E-state index in [-0.39, 0.29) is 5.78 Å². The second-order valence-corrected chi connectivity index (χ2v) is 8.35. The normalized spacial score (nSPS) is 23.8. The minimum atomic E-state index is 0.255. The van der Waals surface area contributed by atoms with Gasteiger partial charge >= 0.3 is 0 Å². The van der Waals surface area contributed by atoms with Crippen molar-refractivity contribution >= 4 is 33.5 Å². The number of halogens is 1. The molecule has 2 rings (SSSR count). The molecule has 0 aromatic heterocycles. The Labute approximate surface area is 134 Å². The molecular formula is C16H22BrNOS. The third kappa shape index (κ3) is 4.90. The van der Waals surface area contributed by atoms with E-state index in [1.54, 1.807) is 0 Å². The molecule has 1 aliphatic heterocycles. The fourth-order valence-corrected chi connectivity index (χ4v) is 4.36. The van der Waals surface area contributed by atoms with E-state index in [1.165, 1.54) is 0 Å². The van der Waals surface area contributed by atoms with E-state index in [1.807, 2.05) is 24.3 Å². The van der Waals surface area contributed by atoms with E-state index in [2.05, 4.69) is 46.4 Å². The average Bonchev–Trinajstić information content (AvgIpc) is 2.38. The topological polar surface area (TPSA) is 20.3 Å². The molecule has 2 unspecified atom stereocenters. The Balaban J connectivity index is 1.75. The molecule has 0 saturated carbocycles. The molecule has 1 saturated heterocycles. The second-order valence-electron chi connectivity index (χ2n) is 5.55. The number of rotatable bonds is 5. The smallest absolute Gasteiger partial charge is 0.162 e. The SMILES string of the molecule is CC1CN(CCCC(=O)c2ccc(Br)cc2)CC(C)S1. The highest BCUT2D eigenvalue weighted by molar-refractivity contribution is 9.10. The van der Waals surface area contributed by atoms with Gasteiger partial charge in [0, 0.05) is 40.0 Å². The van der Waals surface area contributed by atoms with Crippen LogP contribution in [-0.2, 0) is 0 Å². The number of hydrogen-bond donors (Lipinski definition) is 0. The Morgan fingerprint density at radius 2 is 1.85 bits per heavy atom. The predicted octanol–water partition coefficient (Wildman–Crippen LogP) is 4.24. The van der Waals surface area contributed by atoms with Crippen molar-refractivity contribution in [1.82, 2.24) is 4.90 Å². The highest BCUT2D eigenvalue weighted by Gasteiger charge is 2.21. The Bertz CT molecular complexity index is 438. The summed E-state index contributed by atoms with van der Waals surface area (Å²) < 4.78 is 1.02. The van der Waals surface area contributed by atoms with Crippen molar-refractivity contribution in [2.45, 2.75) is 37.2 Å². The van der Waals surface area contributed by atoms with Crippen LogP contribution >= 0.6 is 27.7 Å². The molecule has 0 amide bonds. The fourth-order valence-electron chi connectivity index (χ4n) is 2.71. The van der Waals surface area contributed by atoms with Gasteiger partial charge in [0.15, 0.2) is 5.78 Å². The van der Waals surface area contributed by atoms with Gasteiger partial charge in [0.1, 0.15) is 0 Å². The monoisotopic (exact) mass is 355 g/mol. The van der Waals surface area contributed by atoms with Crippen molar-refractivity contribution in [2.24, 2.45) is 0 Å². The lowest BCUT2D eigenvalue weighted by Crippen LogP contribution is -2.40. The van der Waals surface area contributed by atoms with Gasteiger partial charge in [0.25, 0.3) is 0 Å². The van der Waals surface area contributed by atoms with Crippen LogP contribution in [0.4, 0.5) is 0 Å². The average molecular weight is 356 g/mol. The first kappa shape index (κ1) is 16.1. The number of nitrogens with zero attached hydrogens (tertiary/aromatic N) is 1. The van der Waals surface area contributed by atoms with Crippen LogP contribution in [0.5, 0.6) is 0 Å². The highest BCUT2D eigenvalue weighted by atomic mass is 79.9. The van der Waals surface area contributed by atoms with Crippen molar-refractivity contribution < 1.29 is 4.79 Å². The molecule has 4 heteroatoms. The zero-order valence-electron chi connectivity index (χ0n) is 12.1. The minimum Gasteiger partial charge on any atom is -0.301 e. The van der Waals surface area contributed by atoms with Crippen LogP contribution in [0.2, 0.25) is 0 Å². The number of benzene rings is 1. The quantitative estimate of drug-likeness (QED) is 0.736. The molecule has 2 nitrogen and oxygen atoms in total. The first-order valence-corrected chi connectivity index (χ1v) is 8.95. The van der Waals surface area contributed by atoms with Gasteiger partial charge in [-0.25, -0.2) is 0 Å². The number of hydrogen-bond acceptors (Lipinski definition) is 3. The molecular weight excluding hydrogens is 334 g/mol. The Morgan fingerprint density at radius 1 is 1.25 bits per heavy atom. The molecule has 1 aromatic carbocycles. The summed E-state index contributed by atoms with van der Waals surface area (Å²) in [5, 5.41) is 1.42. The van der Waals surface area contributed by atoms with E-state index in [9.17, 15) is 4.79 Å². The summed E-state index contributed by atoms with van der Waals surface area (Å²) in [5.41, 5.74) is 0.823. The largest absolute Gasteiger partial charge is 0.301 e. The van der Waals surface area contributed by atoms with E-state index in [0.29, 0.717) is 16.9 Å². The molecule has 110 valence electrons. The van der Waals surface area contributed by atoms with Crippen LogP contribution in [0.15, 0.2) is 28.7 Å². The molecule has 0 radical (unpaired) electrons. The van der Waals surface area contributed by atoms with Crippen LogP contribution in [0.1, 0.15) is 37.0 Å². The van der Waals surface area contributed by atoms with Crippen molar-refractivity contribution in [2.75, 3.05) is 19.6 Å². The zero-order chi connectivity index (χ0) is 14.5. The van der Waals surface area contributed by atoms with Crippen LogP contribution in [0.25, 0.3) is 0 Å². The van der Waals surface area contributed by atoms with Gasteiger partial charge in [0.05, 0.1) is 0 Å². The summed E-state index contributed by atoms with van der Waals surface area (Å²) in [6.07, 6.45) is 1.60. The lowest BCUT2D eigenvalue weighted by Gasteiger charge is -2.34. The summed E-state index contributed by atoms with van der Waals surface area (Å²) in [5.74, 6) is 0.255. The maximum Gasteiger partial charge on any atom is 0.162 e. The van der Waals surface area contributed by atoms with Gasteiger partial charge in [0.2, 0.25) is 0 Å².